The van der Waals surface area contributed by atoms with Crippen LogP contribution in [-0.4, -0.2) is 46.6 Å². The Morgan fingerprint density at radius 3 is 2.63 bits per heavy atom. The maximum Gasteiger partial charge on any atom is 0.234 e. The Kier molecular flexibility index (Phi) is 7.69. The highest BCUT2D eigenvalue weighted by molar-refractivity contribution is 6.68. The molecule has 1 aromatic carbocycles. The van der Waals surface area contributed by atoms with Crippen molar-refractivity contribution < 1.29 is 9.53 Å². The van der Waals surface area contributed by atoms with Gasteiger partial charge < -0.3 is 15.0 Å². The average molecular weight is 434 g/mol. The third-order valence-corrected chi connectivity index (χ3v) is 6.10. The van der Waals surface area contributed by atoms with Gasteiger partial charge in [0, 0.05) is 6.04 Å². The predicted molar refractivity (Wildman–Crippen MR) is 110 cm³/mol. The molecule has 2 fully saturated rings. The standard InChI is InChI=1S/C20H27Cl3N2O2/c21-20(22,23)19(24-18(26)13-15-7-2-1-3-8-15)27-14-16-9-6-12-25-11-5-4-10-17(16)25/h1-3,7-8,16-17,19H,4-6,9-14H2,(H,24,26)/t16-,17+,19?/m0/s1. The Balaban J connectivity index is 1.56. The van der Waals surface area contributed by atoms with Crippen LogP contribution in [0.25, 0.3) is 0 Å². The van der Waals surface area contributed by atoms with Crippen molar-refractivity contribution in [2.45, 2.75) is 54.6 Å². The predicted octanol–water partition coefficient (Wildman–Crippen LogP) is 4.32. The molecule has 3 atom stereocenters. The molecule has 150 valence electrons. The molecule has 2 saturated heterocycles. The minimum atomic E-state index is -1.72. The zero-order chi connectivity index (χ0) is 19.3. The molecule has 2 heterocycles. The van der Waals surface area contributed by atoms with Crippen molar-refractivity contribution in [3.63, 3.8) is 0 Å². The molecule has 27 heavy (non-hydrogen) atoms. The molecule has 1 N–H and O–H groups in total. The number of nitrogens with zero attached hydrogens (tertiary/aromatic N) is 1. The van der Waals surface area contributed by atoms with Crippen LogP contribution in [-0.2, 0) is 16.0 Å². The number of nitrogens with one attached hydrogen (secondary N) is 1. The largest absolute Gasteiger partial charge is 0.354 e. The fourth-order valence-electron chi connectivity index (χ4n) is 4.19. The summed E-state index contributed by atoms with van der Waals surface area (Å²) in [6.45, 7) is 2.83. The van der Waals surface area contributed by atoms with Gasteiger partial charge in [-0.3, -0.25) is 4.79 Å². The number of amides is 1. The number of alkyl halides is 3. The van der Waals surface area contributed by atoms with Crippen molar-refractivity contribution in [3.05, 3.63) is 35.9 Å². The molecule has 2 aliphatic heterocycles. The lowest BCUT2D eigenvalue weighted by Gasteiger charge is -2.44. The zero-order valence-electron chi connectivity index (χ0n) is 15.4. The number of halogens is 3. The number of rotatable bonds is 6. The highest BCUT2D eigenvalue weighted by atomic mass is 35.6. The maximum absolute atomic E-state index is 12.4. The molecule has 0 radical (unpaired) electrons. The highest BCUT2D eigenvalue weighted by Crippen LogP contribution is 2.34. The molecule has 0 aromatic heterocycles. The topological polar surface area (TPSA) is 41.6 Å². The molecule has 3 rings (SSSR count). The smallest absolute Gasteiger partial charge is 0.234 e. The van der Waals surface area contributed by atoms with E-state index in [1.54, 1.807) is 0 Å². The number of hydrogen-bond donors (Lipinski definition) is 1. The second-order valence-electron chi connectivity index (χ2n) is 7.49. The van der Waals surface area contributed by atoms with Crippen LogP contribution in [0.15, 0.2) is 30.3 Å². The van der Waals surface area contributed by atoms with E-state index in [1.165, 1.54) is 38.8 Å². The van der Waals surface area contributed by atoms with Gasteiger partial charge >= 0.3 is 0 Å². The lowest BCUT2D eigenvalue weighted by atomic mass is 9.84. The fourth-order valence-corrected chi connectivity index (χ4v) is 4.54. The van der Waals surface area contributed by atoms with Crippen LogP contribution >= 0.6 is 34.8 Å². The number of carbonyl (C=O) groups excluding carboxylic acids is 1. The van der Waals surface area contributed by atoms with Crippen LogP contribution in [0.1, 0.15) is 37.7 Å². The van der Waals surface area contributed by atoms with Crippen molar-refractivity contribution in [2.75, 3.05) is 19.7 Å². The van der Waals surface area contributed by atoms with E-state index in [4.69, 9.17) is 39.5 Å². The van der Waals surface area contributed by atoms with Crippen molar-refractivity contribution in [1.29, 1.82) is 0 Å². The summed E-state index contributed by atoms with van der Waals surface area (Å²) >= 11 is 18.2. The molecule has 4 nitrogen and oxygen atoms in total. The number of carbonyl (C=O) groups is 1. The van der Waals surface area contributed by atoms with Crippen molar-refractivity contribution >= 4 is 40.7 Å². The molecule has 0 saturated carbocycles. The Morgan fingerprint density at radius 2 is 1.89 bits per heavy atom. The molecule has 0 aliphatic carbocycles. The molecule has 1 unspecified atom stereocenters. The normalized spacial score (nSPS) is 24.9. The second-order valence-corrected chi connectivity index (χ2v) is 9.86. The Bertz CT molecular complexity index is 607. The van der Waals surface area contributed by atoms with Gasteiger partial charge in [0.05, 0.1) is 13.0 Å². The molecular formula is C20H27Cl3N2O2. The SMILES string of the molecule is O=C(Cc1ccccc1)NC(OC[C@@H]1CCCN2CCCC[C@H]12)C(Cl)(Cl)Cl. The summed E-state index contributed by atoms with van der Waals surface area (Å²) in [6.07, 6.45) is 5.29. The van der Waals surface area contributed by atoms with Crippen LogP contribution in [0.2, 0.25) is 0 Å². The van der Waals surface area contributed by atoms with E-state index in [9.17, 15) is 4.79 Å². The van der Waals surface area contributed by atoms with E-state index in [0.29, 0.717) is 18.6 Å². The maximum atomic E-state index is 12.4. The monoisotopic (exact) mass is 432 g/mol. The third kappa shape index (κ3) is 6.23. The number of piperidine rings is 2. The summed E-state index contributed by atoms with van der Waals surface area (Å²) in [6, 6.07) is 10.0. The van der Waals surface area contributed by atoms with Gasteiger partial charge in [0.1, 0.15) is 0 Å². The van der Waals surface area contributed by atoms with E-state index < -0.39 is 10.0 Å². The van der Waals surface area contributed by atoms with Crippen molar-refractivity contribution in [1.82, 2.24) is 10.2 Å². The van der Waals surface area contributed by atoms with Crippen LogP contribution in [0, 0.1) is 5.92 Å². The lowest BCUT2D eigenvalue weighted by Crippen LogP contribution is -2.51. The fraction of sp³-hybridized carbons (Fsp3) is 0.650. The number of hydrogen-bond acceptors (Lipinski definition) is 3. The van der Waals surface area contributed by atoms with Crippen LogP contribution in [0.4, 0.5) is 0 Å². The Hall–Kier alpha value is -0.520. The molecule has 0 spiro atoms. The quantitative estimate of drug-likeness (QED) is 0.536. The summed E-state index contributed by atoms with van der Waals surface area (Å²) in [5.41, 5.74) is 0.906. The van der Waals surface area contributed by atoms with E-state index in [2.05, 4.69) is 10.2 Å². The third-order valence-electron chi connectivity index (χ3n) is 5.50. The first-order valence-corrected chi connectivity index (χ1v) is 10.8. The minimum absolute atomic E-state index is 0.222. The zero-order valence-corrected chi connectivity index (χ0v) is 17.6. The summed E-state index contributed by atoms with van der Waals surface area (Å²) in [4.78, 5) is 14.9. The van der Waals surface area contributed by atoms with Crippen molar-refractivity contribution in [3.8, 4) is 0 Å². The summed E-state index contributed by atoms with van der Waals surface area (Å²) in [5.74, 6) is 0.195. The molecule has 2 aliphatic rings. The molecule has 0 bridgehead atoms. The van der Waals surface area contributed by atoms with Gasteiger partial charge in [-0.05, 0) is 50.3 Å². The van der Waals surface area contributed by atoms with Gasteiger partial charge in [0.15, 0.2) is 6.23 Å². The van der Waals surface area contributed by atoms with Gasteiger partial charge in [-0.2, -0.15) is 0 Å². The molecular weight excluding hydrogens is 407 g/mol. The minimum Gasteiger partial charge on any atom is -0.354 e. The van der Waals surface area contributed by atoms with Crippen LogP contribution in [0.3, 0.4) is 0 Å². The number of benzene rings is 1. The van der Waals surface area contributed by atoms with Gasteiger partial charge in [-0.15, -0.1) is 0 Å². The van der Waals surface area contributed by atoms with Gasteiger partial charge in [0.25, 0.3) is 0 Å². The second kappa shape index (κ2) is 9.80. The first kappa shape index (κ1) is 21.2. The van der Waals surface area contributed by atoms with E-state index >= 15 is 0 Å². The van der Waals surface area contributed by atoms with Crippen molar-refractivity contribution in [2.24, 2.45) is 5.92 Å². The molecule has 1 amide bonds. The van der Waals surface area contributed by atoms with E-state index in [-0.39, 0.29) is 12.3 Å². The van der Waals surface area contributed by atoms with Gasteiger partial charge in [-0.25, -0.2) is 0 Å². The molecule has 1 aromatic rings. The van der Waals surface area contributed by atoms with Crippen LogP contribution < -0.4 is 5.32 Å². The van der Waals surface area contributed by atoms with Gasteiger partial charge in [-0.1, -0.05) is 71.6 Å². The lowest BCUT2D eigenvalue weighted by molar-refractivity contribution is -0.125. The number of fused-ring (bicyclic) bond motifs is 1. The van der Waals surface area contributed by atoms with E-state index in [1.807, 2.05) is 30.3 Å². The molecule has 7 heteroatoms. The van der Waals surface area contributed by atoms with Gasteiger partial charge in [0.2, 0.25) is 9.70 Å². The first-order chi connectivity index (χ1) is 12.9. The summed E-state index contributed by atoms with van der Waals surface area (Å²) in [5, 5.41) is 2.75. The average Bonchev–Trinajstić information content (AvgIpc) is 2.65. The Labute approximate surface area is 176 Å². The highest BCUT2D eigenvalue weighted by Gasteiger charge is 2.38. The number of ether oxygens (including phenoxy) is 1. The first-order valence-electron chi connectivity index (χ1n) is 9.69. The summed E-state index contributed by atoms with van der Waals surface area (Å²) in [7, 11) is 0. The van der Waals surface area contributed by atoms with Crippen LogP contribution in [0.5, 0.6) is 0 Å². The summed E-state index contributed by atoms with van der Waals surface area (Å²) < 4.78 is 4.23. The Morgan fingerprint density at radius 1 is 1.15 bits per heavy atom. The van der Waals surface area contributed by atoms with E-state index in [0.717, 1.165) is 12.0 Å².